The van der Waals surface area contributed by atoms with Gasteiger partial charge in [0.25, 0.3) is 5.91 Å². The van der Waals surface area contributed by atoms with Crippen molar-refractivity contribution in [2.24, 2.45) is 0 Å². The number of nitrogens with one attached hydrogen (secondary N) is 1. The summed E-state index contributed by atoms with van der Waals surface area (Å²) in [6.45, 7) is 4.59. The normalized spacial score (nSPS) is 10.4. The lowest BCUT2D eigenvalue weighted by atomic mass is 10.1. The van der Waals surface area contributed by atoms with Gasteiger partial charge in [-0.2, -0.15) is 0 Å². The van der Waals surface area contributed by atoms with E-state index in [2.05, 4.69) is 10.3 Å². The highest BCUT2D eigenvalue weighted by atomic mass is 16.5. The summed E-state index contributed by atoms with van der Waals surface area (Å²) in [4.78, 5) is 15.8. The fraction of sp³-hybridized carbons (Fsp3) is 0.294. The van der Waals surface area contributed by atoms with Gasteiger partial charge in [-0.1, -0.05) is 18.2 Å². The highest BCUT2D eigenvalue weighted by Crippen LogP contribution is 2.13. The Kier molecular flexibility index (Phi) is 5.32. The number of carbonyl (C=O) groups is 1. The van der Waals surface area contributed by atoms with Crippen LogP contribution in [-0.4, -0.2) is 23.5 Å². The second-order valence-electron chi connectivity index (χ2n) is 5.03. The van der Waals surface area contributed by atoms with E-state index < -0.39 is 0 Å². The number of rotatable bonds is 6. The van der Waals surface area contributed by atoms with Crippen molar-refractivity contribution in [1.82, 2.24) is 10.3 Å². The highest BCUT2D eigenvalue weighted by Gasteiger charge is 2.05. The summed E-state index contributed by atoms with van der Waals surface area (Å²) in [7, 11) is 0. The summed E-state index contributed by atoms with van der Waals surface area (Å²) < 4.78 is 5.59. The van der Waals surface area contributed by atoms with Crippen molar-refractivity contribution in [3.05, 3.63) is 59.9 Å². The van der Waals surface area contributed by atoms with Gasteiger partial charge in [-0.05, 0) is 50.1 Å². The van der Waals surface area contributed by atoms with Gasteiger partial charge >= 0.3 is 0 Å². The monoisotopic (exact) mass is 284 g/mol. The van der Waals surface area contributed by atoms with Crippen LogP contribution in [0.25, 0.3) is 0 Å². The Morgan fingerprint density at radius 1 is 1.19 bits per heavy atom. The molecular weight excluding hydrogens is 264 g/mol. The van der Waals surface area contributed by atoms with Crippen molar-refractivity contribution in [2.75, 3.05) is 6.54 Å². The Morgan fingerprint density at radius 2 is 1.95 bits per heavy atom. The molecule has 4 heteroatoms. The minimum atomic E-state index is -0.143. The van der Waals surface area contributed by atoms with Crippen LogP contribution in [0.5, 0.6) is 5.75 Å². The first-order valence-electron chi connectivity index (χ1n) is 7.10. The molecule has 110 valence electrons. The van der Waals surface area contributed by atoms with Crippen LogP contribution in [0, 0.1) is 0 Å². The first-order valence-corrected chi connectivity index (χ1v) is 7.10. The van der Waals surface area contributed by atoms with Gasteiger partial charge in [0.15, 0.2) is 0 Å². The number of pyridine rings is 1. The summed E-state index contributed by atoms with van der Waals surface area (Å²) in [5.74, 6) is 0.724. The lowest BCUT2D eigenvalue weighted by molar-refractivity contribution is 0.0949. The number of amides is 1. The van der Waals surface area contributed by atoms with Crippen LogP contribution in [0.2, 0.25) is 0 Å². The molecular formula is C17H20N2O2. The number of hydrogen-bond acceptors (Lipinski definition) is 3. The third kappa shape index (κ3) is 4.91. The predicted octanol–water partition coefficient (Wildman–Crippen LogP) is 2.84. The van der Waals surface area contributed by atoms with Gasteiger partial charge < -0.3 is 10.1 Å². The summed E-state index contributed by atoms with van der Waals surface area (Å²) in [5, 5.41) is 2.86. The third-order valence-electron chi connectivity index (χ3n) is 2.89. The Balaban J connectivity index is 1.79. The maximum absolute atomic E-state index is 11.8. The van der Waals surface area contributed by atoms with Crippen LogP contribution in [0.3, 0.4) is 0 Å². The minimum Gasteiger partial charge on any atom is -0.491 e. The van der Waals surface area contributed by atoms with Gasteiger partial charge in [0.1, 0.15) is 11.4 Å². The SMILES string of the molecule is CC(C)Oc1ccc(CCNC(=O)c2ccccn2)cc1. The molecule has 0 saturated heterocycles. The number of carbonyl (C=O) groups excluding carboxylic acids is 1. The van der Waals surface area contributed by atoms with Gasteiger partial charge in [-0.15, -0.1) is 0 Å². The van der Waals surface area contributed by atoms with Crippen LogP contribution in [0.4, 0.5) is 0 Å². The Hall–Kier alpha value is -2.36. The molecule has 21 heavy (non-hydrogen) atoms. The van der Waals surface area contributed by atoms with Crippen molar-refractivity contribution < 1.29 is 9.53 Å². The molecule has 0 atom stereocenters. The zero-order valence-corrected chi connectivity index (χ0v) is 12.4. The Bertz CT molecular complexity index is 565. The fourth-order valence-electron chi connectivity index (χ4n) is 1.91. The third-order valence-corrected chi connectivity index (χ3v) is 2.89. The largest absolute Gasteiger partial charge is 0.491 e. The lowest BCUT2D eigenvalue weighted by Crippen LogP contribution is -2.26. The molecule has 1 aromatic heterocycles. The second-order valence-corrected chi connectivity index (χ2v) is 5.03. The van der Waals surface area contributed by atoms with Crippen LogP contribution < -0.4 is 10.1 Å². The van der Waals surface area contributed by atoms with Crippen molar-refractivity contribution in [3.8, 4) is 5.75 Å². The molecule has 2 rings (SSSR count). The standard InChI is InChI=1S/C17H20N2O2/c1-13(2)21-15-8-6-14(7-9-15)10-12-19-17(20)16-5-3-4-11-18-16/h3-9,11,13H,10,12H2,1-2H3,(H,19,20). The van der Waals surface area contributed by atoms with Crippen LogP contribution in [0.15, 0.2) is 48.7 Å². The van der Waals surface area contributed by atoms with E-state index in [1.54, 1.807) is 24.4 Å². The quantitative estimate of drug-likeness (QED) is 0.887. The Labute approximate surface area is 125 Å². The second kappa shape index (κ2) is 7.43. The summed E-state index contributed by atoms with van der Waals surface area (Å²) in [6.07, 6.45) is 2.57. The predicted molar refractivity (Wildman–Crippen MR) is 82.5 cm³/mol. The molecule has 1 N–H and O–H groups in total. The summed E-state index contributed by atoms with van der Waals surface area (Å²) in [5.41, 5.74) is 1.60. The molecule has 0 aliphatic carbocycles. The Morgan fingerprint density at radius 3 is 2.57 bits per heavy atom. The average Bonchev–Trinajstić information content (AvgIpc) is 2.49. The number of ether oxygens (including phenoxy) is 1. The first-order chi connectivity index (χ1) is 10.1. The van der Waals surface area contributed by atoms with Crippen molar-refractivity contribution in [2.45, 2.75) is 26.4 Å². The van der Waals surface area contributed by atoms with Crippen molar-refractivity contribution >= 4 is 5.91 Å². The van der Waals surface area contributed by atoms with E-state index >= 15 is 0 Å². The molecule has 0 unspecified atom stereocenters. The van der Waals surface area contributed by atoms with Crippen LogP contribution >= 0.6 is 0 Å². The van der Waals surface area contributed by atoms with E-state index in [9.17, 15) is 4.79 Å². The van der Waals surface area contributed by atoms with Gasteiger partial charge in [0.2, 0.25) is 0 Å². The zero-order chi connectivity index (χ0) is 15.1. The maximum atomic E-state index is 11.8. The molecule has 0 radical (unpaired) electrons. The maximum Gasteiger partial charge on any atom is 0.269 e. The zero-order valence-electron chi connectivity index (χ0n) is 12.4. The van der Waals surface area contributed by atoms with Crippen LogP contribution in [0.1, 0.15) is 29.9 Å². The molecule has 0 saturated carbocycles. The molecule has 0 fully saturated rings. The van der Waals surface area contributed by atoms with E-state index in [0.717, 1.165) is 17.7 Å². The van der Waals surface area contributed by atoms with Gasteiger partial charge in [0, 0.05) is 12.7 Å². The molecule has 1 amide bonds. The van der Waals surface area contributed by atoms with E-state index in [0.29, 0.717) is 12.2 Å². The van der Waals surface area contributed by atoms with Crippen molar-refractivity contribution in [1.29, 1.82) is 0 Å². The van der Waals surface area contributed by atoms with Gasteiger partial charge in [0.05, 0.1) is 6.10 Å². The summed E-state index contributed by atoms with van der Waals surface area (Å²) in [6, 6.07) is 13.2. The van der Waals surface area contributed by atoms with E-state index in [1.165, 1.54) is 0 Å². The molecule has 1 heterocycles. The molecule has 0 spiro atoms. The molecule has 4 nitrogen and oxygen atoms in total. The van der Waals surface area contributed by atoms with Crippen LogP contribution in [-0.2, 0) is 6.42 Å². The minimum absolute atomic E-state index is 0.143. The van der Waals surface area contributed by atoms with E-state index in [1.807, 2.05) is 38.1 Å². The number of hydrogen-bond donors (Lipinski definition) is 1. The molecule has 1 aromatic carbocycles. The van der Waals surface area contributed by atoms with Gasteiger partial charge in [-0.3, -0.25) is 9.78 Å². The van der Waals surface area contributed by atoms with Crippen molar-refractivity contribution in [3.63, 3.8) is 0 Å². The number of nitrogens with zero attached hydrogens (tertiary/aromatic N) is 1. The topological polar surface area (TPSA) is 51.2 Å². The molecule has 0 bridgehead atoms. The van der Waals surface area contributed by atoms with Gasteiger partial charge in [-0.25, -0.2) is 0 Å². The fourth-order valence-corrected chi connectivity index (χ4v) is 1.91. The van der Waals surface area contributed by atoms with E-state index in [4.69, 9.17) is 4.74 Å². The summed E-state index contributed by atoms with van der Waals surface area (Å²) >= 11 is 0. The number of benzene rings is 1. The highest BCUT2D eigenvalue weighted by molar-refractivity contribution is 5.92. The number of aromatic nitrogens is 1. The first kappa shape index (κ1) is 15.0. The molecule has 0 aliphatic heterocycles. The molecule has 0 aliphatic rings. The molecule has 2 aromatic rings. The smallest absolute Gasteiger partial charge is 0.269 e. The van der Waals surface area contributed by atoms with E-state index in [-0.39, 0.29) is 12.0 Å². The average molecular weight is 284 g/mol. The lowest BCUT2D eigenvalue weighted by Gasteiger charge is -2.10.